The second-order valence-corrected chi connectivity index (χ2v) is 7.94. The number of rotatable bonds is 1. The Morgan fingerprint density at radius 1 is 1.04 bits per heavy atom. The first-order valence-electron chi connectivity index (χ1n) is 9.34. The minimum atomic E-state index is 0.0692. The molecule has 2 heteroatoms. The van der Waals surface area contributed by atoms with Crippen LogP contribution in [0.25, 0.3) is 11.1 Å². The quantitative estimate of drug-likeness (QED) is 0.762. The summed E-state index contributed by atoms with van der Waals surface area (Å²) in [6.45, 7) is 4.65. The van der Waals surface area contributed by atoms with E-state index < -0.39 is 0 Å². The molecule has 3 aliphatic heterocycles. The molecule has 0 N–H and O–H groups in total. The summed E-state index contributed by atoms with van der Waals surface area (Å²) >= 11 is 0. The first-order chi connectivity index (χ1) is 11.7. The lowest BCUT2D eigenvalue weighted by Crippen LogP contribution is -2.50. The zero-order valence-corrected chi connectivity index (χ0v) is 14.4. The van der Waals surface area contributed by atoms with Gasteiger partial charge in [0.25, 0.3) is 0 Å². The van der Waals surface area contributed by atoms with Crippen LogP contribution in [0, 0.1) is 6.92 Å². The number of piperidine rings is 1. The van der Waals surface area contributed by atoms with Gasteiger partial charge in [0.15, 0.2) is 0 Å². The monoisotopic (exact) mass is 319 g/mol. The lowest BCUT2D eigenvalue weighted by atomic mass is 9.83. The molecule has 2 atom stereocenters. The van der Waals surface area contributed by atoms with E-state index in [1.165, 1.54) is 61.0 Å². The van der Waals surface area contributed by atoms with Gasteiger partial charge < -0.3 is 9.64 Å². The van der Waals surface area contributed by atoms with Gasteiger partial charge in [0.05, 0.1) is 0 Å². The highest BCUT2D eigenvalue weighted by molar-refractivity contribution is 5.66. The van der Waals surface area contributed by atoms with Crippen LogP contribution in [-0.2, 0) is 6.42 Å². The smallest absolute Gasteiger partial charge is 0.123 e. The zero-order valence-electron chi connectivity index (χ0n) is 14.4. The van der Waals surface area contributed by atoms with Gasteiger partial charge >= 0.3 is 0 Å². The van der Waals surface area contributed by atoms with Gasteiger partial charge in [0.1, 0.15) is 11.4 Å². The highest BCUT2D eigenvalue weighted by Gasteiger charge is 2.46. The normalized spacial score (nSPS) is 28.6. The second kappa shape index (κ2) is 5.35. The summed E-state index contributed by atoms with van der Waals surface area (Å²) in [7, 11) is 0. The minimum absolute atomic E-state index is 0.0692. The topological polar surface area (TPSA) is 12.5 Å². The molecule has 0 aromatic heterocycles. The van der Waals surface area contributed by atoms with Crippen LogP contribution in [0.2, 0.25) is 0 Å². The molecular weight excluding hydrogens is 294 g/mol. The van der Waals surface area contributed by atoms with Gasteiger partial charge in [-0.3, -0.25) is 0 Å². The number of ether oxygens (including phenoxy) is 1. The molecule has 2 saturated heterocycles. The summed E-state index contributed by atoms with van der Waals surface area (Å²) in [4.78, 5) is 2.68. The number of fused-ring (bicyclic) bond motifs is 2. The van der Waals surface area contributed by atoms with Crippen molar-refractivity contribution in [2.75, 3.05) is 13.1 Å². The minimum Gasteiger partial charge on any atom is -0.487 e. The number of hydrogen-bond acceptors (Lipinski definition) is 2. The van der Waals surface area contributed by atoms with Crippen molar-refractivity contribution in [2.45, 2.75) is 50.7 Å². The molecule has 2 aromatic rings. The van der Waals surface area contributed by atoms with Gasteiger partial charge in [-0.2, -0.15) is 0 Å². The highest BCUT2D eigenvalue weighted by Crippen LogP contribution is 2.45. The Bertz CT molecular complexity index is 766. The van der Waals surface area contributed by atoms with Gasteiger partial charge in [-0.25, -0.2) is 0 Å². The molecule has 2 fully saturated rings. The van der Waals surface area contributed by atoms with Crippen LogP contribution >= 0.6 is 0 Å². The fourth-order valence-electron chi connectivity index (χ4n) is 4.91. The second-order valence-electron chi connectivity index (χ2n) is 7.94. The average molecular weight is 319 g/mol. The zero-order chi connectivity index (χ0) is 16.1. The molecule has 3 heterocycles. The van der Waals surface area contributed by atoms with E-state index in [9.17, 15) is 0 Å². The Kier molecular flexibility index (Phi) is 3.24. The molecule has 3 aliphatic rings. The van der Waals surface area contributed by atoms with E-state index in [2.05, 4.69) is 54.3 Å². The summed E-state index contributed by atoms with van der Waals surface area (Å²) in [6, 6.07) is 16.3. The molecule has 2 nitrogen and oxygen atoms in total. The lowest BCUT2D eigenvalue weighted by molar-refractivity contribution is 0.00195. The summed E-state index contributed by atoms with van der Waals surface area (Å²) in [5, 5.41) is 0. The third-order valence-corrected chi connectivity index (χ3v) is 6.25. The third-order valence-electron chi connectivity index (χ3n) is 6.25. The maximum Gasteiger partial charge on any atom is 0.123 e. The lowest BCUT2D eigenvalue weighted by Gasteiger charge is -2.41. The fraction of sp³-hybridized carbons (Fsp3) is 0.455. The van der Waals surface area contributed by atoms with Gasteiger partial charge in [-0.1, -0.05) is 35.9 Å². The first-order valence-corrected chi connectivity index (χ1v) is 9.34. The predicted octanol–water partition coefficient (Wildman–Crippen LogP) is 4.59. The largest absolute Gasteiger partial charge is 0.487 e. The average Bonchev–Trinajstić information content (AvgIpc) is 3.18. The van der Waals surface area contributed by atoms with E-state index in [1.54, 1.807) is 0 Å². The predicted molar refractivity (Wildman–Crippen MR) is 97.5 cm³/mol. The summed E-state index contributed by atoms with van der Waals surface area (Å²) in [5.74, 6) is 1.12. The molecule has 124 valence electrons. The van der Waals surface area contributed by atoms with E-state index in [0.717, 1.165) is 18.2 Å². The van der Waals surface area contributed by atoms with Gasteiger partial charge in [0.2, 0.25) is 0 Å². The Balaban J connectivity index is 1.42. The van der Waals surface area contributed by atoms with Crippen LogP contribution in [-0.4, -0.2) is 29.6 Å². The van der Waals surface area contributed by atoms with Crippen molar-refractivity contribution in [3.05, 3.63) is 53.6 Å². The maximum atomic E-state index is 6.53. The van der Waals surface area contributed by atoms with E-state index in [1.807, 2.05) is 0 Å². The Morgan fingerprint density at radius 2 is 1.88 bits per heavy atom. The Hall–Kier alpha value is -1.80. The van der Waals surface area contributed by atoms with Crippen molar-refractivity contribution in [2.24, 2.45) is 0 Å². The maximum absolute atomic E-state index is 6.53. The van der Waals surface area contributed by atoms with Crippen molar-refractivity contribution in [3.63, 3.8) is 0 Å². The van der Waals surface area contributed by atoms with Crippen LogP contribution in [0.5, 0.6) is 5.75 Å². The molecule has 24 heavy (non-hydrogen) atoms. The van der Waals surface area contributed by atoms with Crippen LogP contribution in [0.3, 0.4) is 0 Å². The SMILES string of the molecule is Cc1ccc(-c2ccc3c(c2)CC2(CCN4CCCC4C2)O3)cc1. The van der Waals surface area contributed by atoms with Crippen LogP contribution in [0.15, 0.2) is 42.5 Å². The molecule has 0 amide bonds. The number of nitrogens with zero attached hydrogens (tertiary/aromatic N) is 1. The molecular formula is C22H25NO. The Morgan fingerprint density at radius 3 is 2.75 bits per heavy atom. The molecule has 5 rings (SSSR count). The first kappa shape index (κ1) is 14.5. The van der Waals surface area contributed by atoms with Crippen molar-refractivity contribution in [1.82, 2.24) is 4.90 Å². The fourth-order valence-corrected chi connectivity index (χ4v) is 4.91. The van der Waals surface area contributed by atoms with Crippen molar-refractivity contribution in [1.29, 1.82) is 0 Å². The summed E-state index contributed by atoms with van der Waals surface area (Å²) in [5.41, 5.74) is 5.40. The molecule has 0 saturated carbocycles. The van der Waals surface area contributed by atoms with E-state index in [4.69, 9.17) is 4.74 Å². The van der Waals surface area contributed by atoms with E-state index >= 15 is 0 Å². The number of benzene rings is 2. The standard InChI is InChI=1S/C22H25NO/c1-16-4-6-17(7-5-16)18-8-9-21-19(13-18)14-22(24-21)10-12-23-11-2-3-20(23)15-22/h4-9,13,20H,2-3,10-12,14-15H2,1H3. The van der Waals surface area contributed by atoms with Crippen molar-refractivity contribution >= 4 is 0 Å². The van der Waals surface area contributed by atoms with Crippen LogP contribution in [0.1, 0.15) is 36.8 Å². The number of hydrogen-bond donors (Lipinski definition) is 0. The third kappa shape index (κ3) is 2.36. The van der Waals surface area contributed by atoms with Crippen LogP contribution in [0.4, 0.5) is 0 Å². The summed E-state index contributed by atoms with van der Waals surface area (Å²) < 4.78 is 6.53. The van der Waals surface area contributed by atoms with Gasteiger partial charge in [0, 0.05) is 31.8 Å². The molecule has 0 aliphatic carbocycles. The Labute approximate surface area is 144 Å². The molecule has 2 aromatic carbocycles. The summed E-state index contributed by atoms with van der Waals surface area (Å²) in [6.07, 6.45) is 6.20. The van der Waals surface area contributed by atoms with Crippen LogP contribution < -0.4 is 4.74 Å². The molecule has 0 radical (unpaired) electrons. The van der Waals surface area contributed by atoms with Gasteiger partial charge in [-0.05, 0) is 55.1 Å². The van der Waals surface area contributed by atoms with Gasteiger partial charge in [-0.15, -0.1) is 0 Å². The molecule has 2 unspecified atom stereocenters. The van der Waals surface area contributed by atoms with E-state index in [0.29, 0.717) is 0 Å². The number of aryl methyl sites for hydroxylation is 1. The van der Waals surface area contributed by atoms with Crippen molar-refractivity contribution < 1.29 is 4.74 Å². The van der Waals surface area contributed by atoms with E-state index in [-0.39, 0.29) is 5.60 Å². The highest BCUT2D eigenvalue weighted by atomic mass is 16.5. The molecule has 1 spiro atoms. The molecule has 0 bridgehead atoms. The van der Waals surface area contributed by atoms with Crippen molar-refractivity contribution in [3.8, 4) is 16.9 Å².